The molecule has 0 spiro atoms. The van der Waals surface area contributed by atoms with E-state index in [2.05, 4.69) is 10.2 Å². The highest BCUT2D eigenvalue weighted by Gasteiger charge is 1.93. The average Bonchev–Trinajstić information content (AvgIpc) is 2.29. The molecule has 0 heterocycles. The number of azo groups is 1. The lowest BCUT2D eigenvalue weighted by molar-refractivity contribution is 1.23. The van der Waals surface area contributed by atoms with Gasteiger partial charge in [0, 0.05) is 0 Å². The first-order valence-corrected chi connectivity index (χ1v) is 4.67. The Morgan fingerprint density at radius 3 is 2.06 bits per heavy atom. The molecule has 16 heavy (non-hydrogen) atoms. The van der Waals surface area contributed by atoms with E-state index >= 15 is 0 Å². The van der Waals surface area contributed by atoms with Gasteiger partial charge in [-0.2, -0.15) is 5.11 Å². The molecular formula is C12H12ClN3. The van der Waals surface area contributed by atoms with Crippen LogP contribution in [0.3, 0.4) is 0 Å². The van der Waals surface area contributed by atoms with Gasteiger partial charge in [-0.15, -0.1) is 17.5 Å². The van der Waals surface area contributed by atoms with E-state index in [1.54, 1.807) is 6.07 Å². The molecule has 0 saturated heterocycles. The molecule has 3 nitrogen and oxygen atoms in total. The maximum absolute atomic E-state index is 5.73. The summed E-state index contributed by atoms with van der Waals surface area (Å²) in [6.45, 7) is 0. The molecule has 82 valence electrons. The van der Waals surface area contributed by atoms with Crippen molar-refractivity contribution in [3.63, 3.8) is 0 Å². The van der Waals surface area contributed by atoms with Crippen LogP contribution < -0.4 is 5.73 Å². The Morgan fingerprint density at radius 2 is 1.38 bits per heavy atom. The van der Waals surface area contributed by atoms with Crippen LogP contribution in [0.15, 0.2) is 64.8 Å². The molecule has 0 amide bonds. The molecular weight excluding hydrogens is 222 g/mol. The second kappa shape index (κ2) is 5.88. The fourth-order valence-electron chi connectivity index (χ4n) is 1.18. The van der Waals surface area contributed by atoms with Gasteiger partial charge < -0.3 is 5.73 Å². The Balaban J connectivity index is 0.00000128. The summed E-state index contributed by atoms with van der Waals surface area (Å²) in [7, 11) is 0. The molecule has 0 aliphatic heterocycles. The third-order valence-corrected chi connectivity index (χ3v) is 1.97. The summed E-state index contributed by atoms with van der Waals surface area (Å²) in [5.74, 6) is 0. The van der Waals surface area contributed by atoms with E-state index in [4.69, 9.17) is 5.73 Å². The molecule has 0 aliphatic rings. The smallest absolute Gasteiger partial charge is 0.109 e. The van der Waals surface area contributed by atoms with Crippen LogP contribution >= 0.6 is 12.4 Å². The first-order chi connectivity index (χ1) is 7.36. The molecule has 4 heteroatoms. The van der Waals surface area contributed by atoms with E-state index in [1.165, 1.54) is 0 Å². The number of para-hydroxylation sites is 1. The van der Waals surface area contributed by atoms with Gasteiger partial charge in [-0.3, -0.25) is 0 Å². The van der Waals surface area contributed by atoms with Gasteiger partial charge in [-0.25, -0.2) is 0 Å². The van der Waals surface area contributed by atoms with E-state index in [9.17, 15) is 0 Å². The number of nitrogens with zero attached hydrogens (tertiary/aromatic N) is 2. The summed E-state index contributed by atoms with van der Waals surface area (Å²) < 4.78 is 0. The van der Waals surface area contributed by atoms with Crippen molar-refractivity contribution in [3.8, 4) is 0 Å². The van der Waals surface area contributed by atoms with Crippen LogP contribution in [0.4, 0.5) is 17.1 Å². The van der Waals surface area contributed by atoms with Gasteiger partial charge in [0.05, 0.1) is 11.4 Å². The average molecular weight is 234 g/mol. The second-order valence-corrected chi connectivity index (χ2v) is 3.09. The zero-order chi connectivity index (χ0) is 10.5. The number of hydrogen-bond acceptors (Lipinski definition) is 3. The fraction of sp³-hybridized carbons (Fsp3) is 0. The predicted molar refractivity (Wildman–Crippen MR) is 68.7 cm³/mol. The van der Waals surface area contributed by atoms with Crippen molar-refractivity contribution in [2.75, 3.05) is 5.73 Å². The minimum atomic E-state index is 0. The third kappa shape index (κ3) is 3.07. The summed E-state index contributed by atoms with van der Waals surface area (Å²) in [5.41, 5.74) is 7.88. The molecule has 0 aromatic heterocycles. The van der Waals surface area contributed by atoms with E-state index < -0.39 is 0 Å². The molecule has 0 radical (unpaired) electrons. The summed E-state index contributed by atoms with van der Waals surface area (Å²) in [5, 5.41) is 8.16. The van der Waals surface area contributed by atoms with Crippen molar-refractivity contribution in [2.24, 2.45) is 10.2 Å². The molecule has 2 aromatic rings. The van der Waals surface area contributed by atoms with E-state index in [0.29, 0.717) is 11.4 Å². The molecule has 2 aromatic carbocycles. The van der Waals surface area contributed by atoms with Crippen LogP contribution in [-0.4, -0.2) is 0 Å². The molecule has 0 fully saturated rings. The molecule has 2 rings (SSSR count). The number of nitrogens with two attached hydrogens (primary N) is 1. The summed E-state index contributed by atoms with van der Waals surface area (Å²) in [6, 6.07) is 17.0. The molecule has 2 N–H and O–H groups in total. The third-order valence-electron chi connectivity index (χ3n) is 1.97. The summed E-state index contributed by atoms with van der Waals surface area (Å²) in [4.78, 5) is 0. The van der Waals surface area contributed by atoms with Crippen LogP contribution in [0.25, 0.3) is 0 Å². The van der Waals surface area contributed by atoms with E-state index in [1.807, 2.05) is 48.5 Å². The topological polar surface area (TPSA) is 50.7 Å². The van der Waals surface area contributed by atoms with Crippen LogP contribution in [0, 0.1) is 0 Å². The molecule has 0 saturated carbocycles. The van der Waals surface area contributed by atoms with Crippen molar-refractivity contribution in [3.05, 3.63) is 54.6 Å². The Labute approximate surface area is 100 Å². The maximum Gasteiger partial charge on any atom is 0.109 e. The number of hydrogen-bond donors (Lipinski definition) is 1. The van der Waals surface area contributed by atoms with Gasteiger partial charge in [0.1, 0.15) is 5.69 Å². The molecule has 0 aliphatic carbocycles. The van der Waals surface area contributed by atoms with Gasteiger partial charge in [0.15, 0.2) is 0 Å². The van der Waals surface area contributed by atoms with Gasteiger partial charge in [-0.1, -0.05) is 30.3 Å². The minimum Gasteiger partial charge on any atom is -0.397 e. The minimum absolute atomic E-state index is 0. The Kier molecular flexibility index (Phi) is 4.48. The standard InChI is InChI=1S/C12H11N3.ClH/c13-11-8-4-5-9-12(11)15-14-10-6-2-1-3-7-10;/h1-9H,13H2;1H. The number of benzene rings is 2. The van der Waals surface area contributed by atoms with Crippen LogP contribution in [0.2, 0.25) is 0 Å². The lowest BCUT2D eigenvalue weighted by Crippen LogP contribution is -1.82. The van der Waals surface area contributed by atoms with Gasteiger partial charge >= 0.3 is 0 Å². The fourth-order valence-corrected chi connectivity index (χ4v) is 1.18. The normalized spacial score (nSPS) is 10.0. The van der Waals surface area contributed by atoms with Crippen molar-refractivity contribution < 1.29 is 0 Å². The monoisotopic (exact) mass is 233 g/mol. The van der Waals surface area contributed by atoms with Crippen LogP contribution in [0.1, 0.15) is 0 Å². The first kappa shape index (κ1) is 12.2. The maximum atomic E-state index is 5.73. The highest BCUT2D eigenvalue weighted by atomic mass is 35.5. The van der Waals surface area contributed by atoms with Crippen molar-refractivity contribution in [1.82, 2.24) is 0 Å². The van der Waals surface area contributed by atoms with Gasteiger partial charge in [-0.05, 0) is 24.3 Å². The van der Waals surface area contributed by atoms with Crippen LogP contribution in [0.5, 0.6) is 0 Å². The zero-order valence-corrected chi connectivity index (χ0v) is 9.39. The SMILES string of the molecule is Cl.Nc1ccccc1N=Nc1ccccc1. The second-order valence-electron chi connectivity index (χ2n) is 3.09. The highest BCUT2D eigenvalue weighted by Crippen LogP contribution is 2.23. The van der Waals surface area contributed by atoms with Crippen LogP contribution in [-0.2, 0) is 0 Å². The largest absolute Gasteiger partial charge is 0.397 e. The molecule has 0 bridgehead atoms. The molecule has 0 unspecified atom stereocenters. The van der Waals surface area contributed by atoms with Crippen molar-refractivity contribution >= 4 is 29.5 Å². The number of halogens is 1. The predicted octanol–water partition coefficient (Wildman–Crippen LogP) is 4.11. The van der Waals surface area contributed by atoms with Gasteiger partial charge in [0.25, 0.3) is 0 Å². The van der Waals surface area contributed by atoms with E-state index in [0.717, 1.165) is 5.69 Å². The Bertz CT molecular complexity index is 469. The lowest BCUT2D eigenvalue weighted by Gasteiger charge is -1.96. The van der Waals surface area contributed by atoms with Gasteiger partial charge in [0.2, 0.25) is 0 Å². The highest BCUT2D eigenvalue weighted by molar-refractivity contribution is 5.85. The number of anilines is 1. The number of nitrogen functional groups attached to an aromatic ring is 1. The first-order valence-electron chi connectivity index (χ1n) is 4.67. The van der Waals surface area contributed by atoms with Crippen molar-refractivity contribution in [1.29, 1.82) is 0 Å². The Hall–Kier alpha value is -1.87. The zero-order valence-electron chi connectivity index (χ0n) is 8.58. The summed E-state index contributed by atoms with van der Waals surface area (Å²) in [6.07, 6.45) is 0. The summed E-state index contributed by atoms with van der Waals surface area (Å²) >= 11 is 0. The number of rotatable bonds is 2. The van der Waals surface area contributed by atoms with Crippen molar-refractivity contribution in [2.45, 2.75) is 0 Å². The lowest BCUT2D eigenvalue weighted by atomic mass is 10.3. The Morgan fingerprint density at radius 1 is 0.750 bits per heavy atom. The molecule has 0 atom stereocenters. The van der Waals surface area contributed by atoms with E-state index in [-0.39, 0.29) is 12.4 Å². The quantitative estimate of drug-likeness (QED) is 0.616.